The summed E-state index contributed by atoms with van der Waals surface area (Å²) in [6.07, 6.45) is 2.98. The molecule has 41 heavy (non-hydrogen) atoms. The molecule has 1 aromatic heterocycles. The Kier molecular flexibility index (Phi) is 8.85. The molecule has 5 rings (SSSR count). The minimum atomic E-state index is -0.619. The molecule has 11 nitrogen and oxygen atoms in total. The fraction of sp³-hybridized carbons (Fsp3) is 0.367. The van der Waals surface area contributed by atoms with Gasteiger partial charge < -0.3 is 36.5 Å². The number of ether oxygens (including phenoxy) is 2. The molecule has 11 heteroatoms. The molecule has 2 aliphatic rings. The first-order valence-corrected chi connectivity index (χ1v) is 13.9. The van der Waals surface area contributed by atoms with Crippen LogP contribution in [-0.4, -0.2) is 73.2 Å². The topological polar surface area (TPSA) is 148 Å². The van der Waals surface area contributed by atoms with Gasteiger partial charge in [-0.2, -0.15) is 0 Å². The van der Waals surface area contributed by atoms with Gasteiger partial charge in [0.1, 0.15) is 18.9 Å². The van der Waals surface area contributed by atoms with Crippen LogP contribution in [0.15, 0.2) is 60.8 Å². The molecule has 2 aromatic carbocycles. The Morgan fingerprint density at radius 3 is 2.39 bits per heavy atom. The molecule has 0 radical (unpaired) electrons. The predicted molar refractivity (Wildman–Crippen MR) is 157 cm³/mol. The van der Waals surface area contributed by atoms with E-state index in [0.717, 1.165) is 55.2 Å². The number of primary amides is 1. The fourth-order valence-corrected chi connectivity index (χ4v) is 5.32. The van der Waals surface area contributed by atoms with Gasteiger partial charge >= 0.3 is 6.03 Å². The van der Waals surface area contributed by atoms with Crippen molar-refractivity contribution in [2.75, 3.05) is 57.5 Å². The maximum absolute atomic E-state index is 12.8. The summed E-state index contributed by atoms with van der Waals surface area (Å²) in [6.45, 7) is 4.89. The van der Waals surface area contributed by atoms with E-state index in [2.05, 4.69) is 44.6 Å². The van der Waals surface area contributed by atoms with Gasteiger partial charge in [0.15, 0.2) is 11.5 Å². The largest absolute Gasteiger partial charge is 0.486 e. The molecular weight excluding hydrogens is 522 g/mol. The number of nitrogen functional groups attached to an aromatic ring is 1. The zero-order chi connectivity index (χ0) is 28.8. The van der Waals surface area contributed by atoms with Gasteiger partial charge in [-0.25, -0.2) is 4.79 Å². The first-order chi connectivity index (χ1) is 19.9. The molecule has 0 saturated carbocycles. The lowest BCUT2D eigenvalue weighted by Gasteiger charge is -2.39. The molecule has 3 heterocycles. The third-order valence-corrected chi connectivity index (χ3v) is 7.61. The number of anilines is 2. The van der Waals surface area contributed by atoms with Crippen LogP contribution in [0.4, 0.5) is 16.2 Å². The number of aromatic nitrogens is 1. The molecule has 2 atom stereocenters. The number of carbonyl (C=O) groups is 2. The van der Waals surface area contributed by atoms with Crippen molar-refractivity contribution in [3.63, 3.8) is 0 Å². The second-order valence-corrected chi connectivity index (χ2v) is 10.4. The average Bonchev–Trinajstić information content (AvgIpc) is 2.98. The van der Waals surface area contributed by atoms with Crippen LogP contribution >= 0.6 is 0 Å². The average molecular weight is 560 g/mol. The number of nitrogens with two attached hydrogens (primary N) is 2. The summed E-state index contributed by atoms with van der Waals surface area (Å²) < 4.78 is 11.6. The van der Waals surface area contributed by atoms with Gasteiger partial charge in [-0.05, 0) is 61.3 Å². The molecule has 3 aromatic rings. The molecule has 0 spiro atoms. The van der Waals surface area contributed by atoms with Crippen molar-refractivity contribution in [2.24, 2.45) is 5.73 Å². The predicted octanol–water partition coefficient (Wildman–Crippen LogP) is 3.17. The number of fused-ring (bicyclic) bond motifs is 1. The highest BCUT2D eigenvalue weighted by Crippen LogP contribution is 2.37. The maximum atomic E-state index is 12.8. The summed E-state index contributed by atoms with van der Waals surface area (Å²) in [5.74, 6) is 1.15. The first-order valence-electron chi connectivity index (χ1n) is 13.9. The van der Waals surface area contributed by atoms with Crippen LogP contribution < -0.4 is 31.6 Å². The Bertz CT molecular complexity index is 1360. The number of benzene rings is 2. The molecule has 216 valence electrons. The van der Waals surface area contributed by atoms with Gasteiger partial charge in [-0.1, -0.05) is 24.3 Å². The Morgan fingerprint density at radius 1 is 0.951 bits per heavy atom. The summed E-state index contributed by atoms with van der Waals surface area (Å²) >= 11 is 0. The quantitative estimate of drug-likeness (QED) is 0.292. The number of carbonyl (C=O) groups excluding carboxylic acids is 2. The van der Waals surface area contributed by atoms with Crippen LogP contribution in [0.3, 0.4) is 0 Å². The monoisotopic (exact) mass is 559 g/mol. The molecule has 1 saturated heterocycles. The Labute approximate surface area is 239 Å². The molecule has 0 aliphatic carbocycles. The number of hydrogen-bond acceptors (Lipinski definition) is 8. The van der Waals surface area contributed by atoms with Gasteiger partial charge in [-0.15, -0.1) is 0 Å². The van der Waals surface area contributed by atoms with Crippen LogP contribution in [0.5, 0.6) is 11.5 Å². The zero-order valence-corrected chi connectivity index (χ0v) is 23.2. The SMILES string of the molecule is CN1CCN(C(CCC(NC(N)=O)c2ccc(C(=O)Nc3ccccc3N)nc2)c2ccc3c(c2)OCCO3)CC1. The van der Waals surface area contributed by atoms with Gasteiger partial charge in [-0.3, -0.25) is 14.7 Å². The van der Waals surface area contributed by atoms with Crippen molar-refractivity contribution in [3.8, 4) is 11.5 Å². The first kappa shape index (κ1) is 28.2. The highest BCUT2D eigenvalue weighted by molar-refractivity contribution is 6.04. The smallest absolute Gasteiger partial charge is 0.312 e. The Morgan fingerprint density at radius 2 is 1.68 bits per heavy atom. The lowest BCUT2D eigenvalue weighted by Crippen LogP contribution is -2.46. The summed E-state index contributed by atoms with van der Waals surface area (Å²) in [5.41, 5.74) is 14.6. The van der Waals surface area contributed by atoms with Crippen molar-refractivity contribution in [2.45, 2.75) is 24.9 Å². The van der Waals surface area contributed by atoms with Gasteiger partial charge in [0.05, 0.1) is 17.4 Å². The van der Waals surface area contributed by atoms with Gasteiger partial charge in [0.25, 0.3) is 5.91 Å². The number of urea groups is 1. The van der Waals surface area contributed by atoms with Crippen LogP contribution in [0.25, 0.3) is 0 Å². The lowest BCUT2D eigenvalue weighted by molar-refractivity contribution is 0.102. The van der Waals surface area contributed by atoms with E-state index in [1.165, 1.54) is 0 Å². The number of piperazine rings is 1. The van der Waals surface area contributed by atoms with E-state index in [-0.39, 0.29) is 23.7 Å². The van der Waals surface area contributed by atoms with Crippen LogP contribution in [0.2, 0.25) is 0 Å². The van der Waals surface area contributed by atoms with Gasteiger partial charge in [0, 0.05) is 38.4 Å². The fourth-order valence-electron chi connectivity index (χ4n) is 5.32. The van der Waals surface area contributed by atoms with Crippen molar-refractivity contribution in [1.29, 1.82) is 0 Å². The number of nitrogens with one attached hydrogen (secondary N) is 2. The molecule has 0 bridgehead atoms. The minimum absolute atomic E-state index is 0.103. The number of likely N-dealkylation sites (N-methyl/N-ethyl adjacent to an activating group) is 1. The van der Waals surface area contributed by atoms with Crippen molar-refractivity contribution in [1.82, 2.24) is 20.1 Å². The molecule has 1 fully saturated rings. The number of hydrogen-bond donors (Lipinski definition) is 4. The van der Waals surface area contributed by atoms with Crippen molar-refractivity contribution >= 4 is 23.3 Å². The van der Waals surface area contributed by atoms with E-state index < -0.39 is 6.03 Å². The highest BCUT2D eigenvalue weighted by atomic mass is 16.6. The van der Waals surface area contributed by atoms with E-state index in [4.69, 9.17) is 20.9 Å². The Hall–Kier alpha value is -4.35. The number of para-hydroxylation sites is 2. The second-order valence-electron chi connectivity index (χ2n) is 10.4. The van der Waals surface area contributed by atoms with E-state index in [0.29, 0.717) is 31.0 Å². The molecular formula is C30H37N7O4. The third kappa shape index (κ3) is 7.05. The number of nitrogens with zero attached hydrogens (tertiary/aromatic N) is 3. The normalized spacial score (nSPS) is 16.9. The minimum Gasteiger partial charge on any atom is -0.486 e. The van der Waals surface area contributed by atoms with Crippen LogP contribution in [-0.2, 0) is 0 Å². The third-order valence-electron chi connectivity index (χ3n) is 7.61. The molecule has 6 N–H and O–H groups in total. The van der Waals surface area contributed by atoms with Crippen molar-refractivity contribution < 1.29 is 19.1 Å². The maximum Gasteiger partial charge on any atom is 0.312 e. The van der Waals surface area contributed by atoms with Crippen LogP contribution in [0, 0.1) is 0 Å². The molecule has 3 amide bonds. The van der Waals surface area contributed by atoms with Crippen molar-refractivity contribution in [3.05, 3.63) is 77.6 Å². The zero-order valence-electron chi connectivity index (χ0n) is 23.2. The Balaban J connectivity index is 1.33. The van der Waals surface area contributed by atoms with E-state index in [9.17, 15) is 9.59 Å². The van der Waals surface area contributed by atoms with Gasteiger partial charge in [0.2, 0.25) is 0 Å². The summed E-state index contributed by atoms with van der Waals surface area (Å²) in [7, 11) is 2.13. The van der Waals surface area contributed by atoms with E-state index >= 15 is 0 Å². The summed E-state index contributed by atoms with van der Waals surface area (Å²) in [4.78, 5) is 33.9. The number of rotatable bonds is 9. The van der Waals surface area contributed by atoms with Crippen LogP contribution in [0.1, 0.15) is 46.5 Å². The van der Waals surface area contributed by atoms with E-state index in [1.807, 2.05) is 6.07 Å². The summed E-state index contributed by atoms with van der Waals surface area (Å²) in [6, 6.07) is 15.7. The van der Waals surface area contributed by atoms with E-state index in [1.54, 1.807) is 42.6 Å². The lowest BCUT2D eigenvalue weighted by atomic mass is 9.94. The summed E-state index contributed by atoms with van der Waals surface area (Å²) in [5, 5.41) is 5.65. The highest BCUT2D eigenvalue weighted by Gasteiger charge is 2.27. The standard InChI is InChI=1S/C30H37N7O4/c1-36-12-14-37(15-13-36)26(20-7-11-27-28(18-20)41-17-16-40-27)10-9-23(35-30(32)39)21-6-8-25(33-19-21)29(38)34-24-5-3-2-4-22(24)31/h2-8,11,18-19,23,26H,9-10,12-17,31H2,1H3,(H,34,38)(H3,32,35,39). The number of pyridine rings is 1. The second kappa shape index (κ2) is 12.9. The molecule has 2 unspecified atom stereocenters. The number of amides is 3. The molecule has 2 aliphatic heterocycles.